The van der Waals surface area contributed by atoms with Crippen LogP contribution >= 0.6 is 0 Å². The van der Waals surface area contributed by atoms with E-state index in [9.17, 15) is 0 Å². The predicted molar refractivity (Wildman–Crippen MR) is 90.5 cm³/mol. The molecule has 1 aliphatic carbocycles. The summed E-state index contributed by atoms with van der Waals surface area (Å²) in [6, 6.07) is 8.92. The van der Waals surface area contributed by atoms with Gasteiger partial charge in [0.25, 0.3) is 0 Å². The number of ether oxygens (including phenoxy) is 1. The first kappa shape index (κ1) is 14.5. The van der Waals surface area contributed by atoms with E-state index in [0.717, 1.165) is 13.1 Å². The second-order valence-electron chi connectivity index (χ2n) is 7.86. The maximum atomic E-state index is 6.35. The zero-order valence-corrected chi connectivity index (χ0v) is 13.9. The van der Waals surface area contributed by atoms with Crippen LogP contribution in [-0.2, 0) is 4.74 Å². The van der Waals surface area contributed by atoms with E-state index in [1.165, 1.54) is 50.0 Å². The van der Waals surface area contributed by atoms with E-state index in [2.05, 4.69) is 48.0 Å². The van der Waals surface area contributed by atoms with Crippen molar-refractivity contribution in [2.75, 3.05) is 38.1 Å². The molecule has 0 radical (unpaired) electrons. The van der Waals surface area contributed by atoms with Crippen LogP contribution < -0.4 is 4.90 Å². The maximum absolute atomic E-state index is 6.35. The molecule has 2 saturated heterocycles. The molecule has 0 bridgehead atoms. The van der Waals surface area contributed by atoms with Crippen LogP contribution in [0.1, 0.15) is 31.2 Å². The Hall–Kier alpha value is -1.06. The highest BCUT2D eigenvalue weighted by molar-refractivity contribution is 5.47. The zero-order valence-electron chi connectivity index (χ0n) is 13.9. The van der Waals surface area contributed by atoms with Gasteiger partial charge in [-0.05, 0) is 51.8 Å². The number of benzene rings is 1. The third-order valence-corrected chi connectivity index (χ3v) is 5.76. The maximum Gasteiger partial charge on any atom is 0.0612 e. The van der Waals surface area contributed by atoms with Crippen LogP contribution in [0.5, 0.6) is 0 Å². The number of anilines is 1. The van der Waals surface area contributed by atoms with Gasteiger partial charge >= 0.3 is 0 Å². The van der Waals surface area contributed by atoms with Crippen molar-refractivity contribution in [3.05, 3.63) is 29.8 Å². The molecule has 3 heteroatoms. The van der Waals surface area contributed by atoms with E-state index >= 15 is 0 Å². The molecule has 4 rings (SSSR count). The lowest BCUT2D eigenvalue weighted by atomic mass is 9.62. The van der Waals surface area contributed by atoms with Crippen molar-refractivity contribution in [2.24, 2.45) is 5.41 Å². The van der Waals surface area contributed by atoms with Crippen molar-refractivity contribution >= 4 is 5.69 Å². The fourth-order valence-electron chi connectivity index (χ4n) is 4.64. The van der Waals surface area contributed by atoms with Crippen LogP contribution in [0.4, 0.5) is 5.69 Å². The minimum Gasteiger partial charge on any atom is -0.375 e. The van der Waals surface area contributed by atoms with Crippen molar-refractivity contribution in [1.29, 1.82) is 0 Å². The van der Waals surface area contributed by atoms with Crippen LogP contribution in [0, 0.1) is 12.3 Å². The molecule has 3 fully saturated rings. The first-order valence-corrected chi connectivity index (χ1v) is 8.78. The number of piperidine rings is 1. The van der Waals surface area contributed by atoms with Gasteiger partial charge in [0.15, 0.2) is 0 Å². The average molecular weight is 300 g/mol. The summed E-state index contributed by atoms with van der Waals surface area (Å²) in [5.74, 6) is 0. The number of hydrogen-bond acceptors (Lipinski definition) is 3. The van der Waals surface area contributed by atoms with Gasteiger partial charge in [-0.1, -0.05) is 17.7 Å². The van der Waals surface area contributed by atoms with Gasteiger partial charge in [0.2, 0.25) is 0 Å². The highest BCUT2D eigenvalue weighted by Gasteiger charge is 2.52. The van der Waals surface area contributed by atoms with Gasteiger partial charge in [0.1, 0.15) is 0 Å². The van der Waals surface area contributed by atoms with E-state index in [0.29, 0.717) is 17.6 Å². The highest BCUT2D eigenvalue weighted by atomic mass is 16.5. The number of hydrogen-bond donors (Lipinski definition) is 0. The molecule has 1 aromatic carbocycles. The summed E-state index contributed by atoms with van der Waals surface area (Å²) in [6.07, 6.45) is 5.99. The highest BCUT2D eigenvalue weighted by Crippen LogP contribution is 2.49. The molecule has 1 spiro atoms. The van der Waals surface area contributed by atoms with Crippen molar-refractivity contribution in [3.63, 3.8) is 0 Å². The third kappa shape index (κ3) is 2.77. The summed E-state index contributed by atoms with van der Waals surface area (Å²) < 4.78 is 6.35. The molecule has 2 heterocycles. The molecule has 0 aromatic heterocycles. The largest absolute Gasteiger partial charge is 0.375 e. The first-order valence-electron chi connectivity index (χ1n) is 8.78. The zero-order chi connectivity index (χ0) is 15.2. The lowest BCUT2D eigenvalue weighted by molar-refractivity contribution is -0.166. The quantitative estimate of drug-likeness (QED) is 0.853. The third-order valence-electron chi connectivity index (χ3n) is 5.76. The van der Waals surface area contributed by atoms with Crippen LogP contribution in [0.25, 0.3) is 0 Å². The molecule has 3 nitrogen and oxygen atoms in total. The molecule has 3 aliphatic rings. The van der Waals surface area contributed by atoms with Crippen LogP contribution in [-0.4, -0.2) is 50.3 Å². The van der Waals surface area contributed by atoms with E-state index in [4.69, 9.17) is 4.74 Å². The summed E-state index contributed by atoms with van der Waals surface area (Å²) >= 11 is 0. The Labute approximate surface area is 134 Å². The SMILES string of the molecule is Cc1ccc(N2CCC(OC3CC4(C3)CN(C)C4)CC2)cc1. The van der Waals surface area contributed by atoms with Crippen molar-refractivity contribution in [2.45, 2.75) is 44.8 Å². The van der Waals surface area contributed by atoms with Gasteiger partial charge in [0, 0.05) is 37.3 Å². The van der Waals surface area contributed by atoms with Gasteiger partial charge in [-0.25, -0.2) is 0 Å². The Balaban J connectivity index is 1.22. The first-order chi connectivity index (χ1) is 10.6. The lowest BCUT2D eigenvalue weighted by Crippen LogP contribution is -2.63. The summed E-state index contributed by atoms with van der Waals surface area (Å²) in [6.45, 7) is 7.00. The summed E-state index contributed by atoms with van der Waals surface area (Å²) in [5.41, 5.74) is 3.34. The number of nitrogens with zero attached hydrogens (tertiary/aromatic N) is 2. The van der Waals surface area contributed by atoms with Crippen LogP contribution in [0.15, 0.2) is 24.3 Å². The Morgan fingerprint density at radius 3 is 2.23 bits per heavy atom. The summed E-state index contributed by atoms with van der Waals surface area (Å²) in [7, 11) is 2.22. The standard InChI is InChI=1S/C19H28N2O/c1-15-3-5-16(6-4-15)21-9-7-17(8-10-21)22-18-11-19(12-18)13-20(2)14-19/h3-6,17-18H,7-14H2,1-2H3. The molecule has 1 aromatic rings. The monoisotopic (exact) mass is 300 g/mol. The topological polar surface area (TPSA) is 15.7 Å². The molecule has 22 heavy (non-hydrogen) atoms. The molecule has 120 valence electrons. The van der Waals surface area contributed by atoms with E-state index in [1.54, 1.807) is 0 Å². The summed E-state index contributed by atoms with van der Waals surface area (Å²) in [4.78, 5) is 4.93. The van der Waals surface area contributed by atoms with Gasteiger partial charge in [-0.3, -0.25) is 0 Å². The average Bonchev–Trinajstić information content (AvgIpc) is 2.45. The fraction of sp³-hybridized carbons (Fsp3) is 0.684. The lowest BCUT2D eigenvalue weighted by Gasteiger charge is -2.58. The molecule has 0 unspecified atom stereocenters. The smallest absolute Gasteiger partial charge is 0.0612 e. The normalized spacial score (nSPS) is 26.0. The van der Waals surface area contributed by atoms with E-state index in [-0.39, 0.29) is 0 Å². The summed E-state index contributed by atoms with van der Waals surface area (Å²) in [5, 5.41) is 0. The molecule has 0 atom stereocenters. The number of rotatable bonds is 3. The fourth-order valence-corrected chi connectivity index (χ4v) is 4.64. The van der Waals surface area contributed by atoms with E-state index < -0.39 is 0 Å². The Bertz CT molecular complexity index is 505. The van der Waals surface area contributed by atoms with Gasteiger partial charge in [0.05, 0.1) is 12.2 Å². The second kappa shape index (κ2) is 5.54. The van der Waals surface area contributed by atoms with Crippen LogP contribution in [0.3, 0.4) is 0 Å². The van der Waals surface area contributed by atoms with Gasteiger partial charge in [-0.2, -0.15) is 0 Å². The second-order valence-corrected chi connectivity index (χ2v) is 7.86. The Kier molecular flexibility index (Phi) is 3.66. The molecule has 0 amide bonds. The Morgan fingerprint density at radius 1 is 1.00 bits per heavy atom. The minimum atomic E-state index is 0.488. The van der Waals surface area contributed by atoms with Crippen LogP contribution in [0.2, 0.25) is 0 Å². The van der Waals surface area contributed by atoms with Gasteiger partial charge < -0.3 is 14.5 Å². The molecular formula is C19H28N2O. The number of aryl methyl sites for hydroxylation is 1. The predicted octanol–water partition coefficient (Wildman–Crippen LogP) is 3.07. The Morgan fingerprint density at radius 2 is 1.64 bits per heavy atom. The molecular weight excluding hydrogens is 272 g/mol. The van der Waals surface area contributed by atoms with Crippen molar-refractivity contribution in [1.82, 2.24) is 4.90 Å². The van der Waals surface area contributed by atoms with Crippen molar-refractivity contribution in [3.8, 4) is 0 Å². The molecule has 0 N–H and O–H groups in total. The minimum absolute atomic E-state index is 0.488. The molecule has 2 aliphatic heterocycles. The van der Waals surface area contributed by atoms with Crippen molar-refractivity contribution < 1.29 is 4.74 Å². The van der Waals surface area contributed by atoms with Gasteiger partial charge in [-0.15, -0.1) is 0 Å². The van der Waals surface area contributed by atoms with E-state index in [1.807, 2.05) is 0 Å². The molecule has 1 saturated carbocycles. The number of likely N-dealkylation sites (tertiary alicyclic amines) is 1.